The van der Waals surface area contributed by atoms with Gasteiger partial charge in [0, 0.05) is 17.9 Å². The highest BCUT2D eigenvalue weighted by Crippen LogP contribution is 2.32. The van der Waals surface area contributed by atoms with Gasteiger partial charge in [-0.05, 0) is 24.1 Å². The van der Waals surface area contributed by atoms with Crippen molar-refractivity contribution in [2.24, 2.45) is 0 Å². The van der Waals surface area contributed by atoms with E-state index in [9.17, 15) is 9.59 Å². The number of carbonyl (C=O) groups excluding carboxylic acids is 2. The molecule has 0 radical (unpaired) electrons. The summed E-state index contributed by atoms with van der Waals surface area (Å²) in [4.78, 5) is 25.3. The number of Topliss-reactive ketones (excluding diaryl/α,β-unsaturated/α-hetero) is 1. The van der Waals surface area contributed by atoms with E-state index in [1.807, 2.05) is 78.9 Å². The molecule has 0 aliphatic rings. The Labute approximate surface area is 159 Å². The molecule has 3 aromatic rings. The molecule has 3 aromatic carbocycles. The summed E-state index contributed by atoms with van der Waals surface area (Å²) in [6.45, 7) is 2.10. The van der Waals surface area contributed by atoms with E-state index in [2.05, 4.69) is 0 Å². The standard InChI is InChI=1S/C24H22O3/c1-2-27-24(26)21-16-10-9-15-20(21)22(18-11-5-3-6-12-18)17-23(25)19-13-7-4-8-14-19/h3-16,22H,2,17H2,1H3. The number of rotatable bonds is 7. The predicted molar refractivity (Wildman–Crippen MR) is 106 cm³/mol. The lowest BCUT2D eigenvalue weighted by molar-refractivity contribution is 0.0524. The summed E-state index contributed by atoms with van der Waals surface area (Å²) in [5.74, 6) is -0.538. The summed E-state index contributed by atoms with van der Waals surface area (Å²) in [5, 5.41) is 0. The Balaban J connectivity index is 2.02. The Morgan fingerprint density at radius 2 is 1.41 bits per heavy atom. The van der Waals surface area contributed by atoms with Crippen LogP contribution >= 0.6 is 0 Å². The third kappa shape index (κ3) is 4.50. The van der Waals surface area contributed by atoms with Gasteiger partial charge in [-0.2, -0.15) is 0 Å². The summed E-state index contributed by atoms with van der Waals surface area (Å²) in [6.07, 6.45) is 0.282. The van der Waals surface area contributed by atoms with Crippen molar-refractivity contribution in [1.82, 2.24) is 0 Å². The van der Waals surface area contributed by atoms with Gasteiger partial charge in [0.05, 0.1) is 12.2 Å². The minimum Gasteiger partial charge on any atom is -0.462 e. The van der Waals surface area contributed by atoms with Crippen LogP contribution in [-0.2, 0) is 4.74 Å². The van der Waals surface area contributed by atoms with Gasteiger partial charge in [0.25, 0.3) is 0 Å². The predicted octanol–water partition coefficient (Wildman–Crippen LogP) is 5.27. The smallest absolute Gasteiger partial charge is 0.338 e. The zero-order chi connectivity index (χ0) is 19.1. The monoisotopic (exact) mass is 358 g/mol. The first kappa shape index (κ1) is 18.6. The van der Waals surface area contributed by atoms with Crippen molar-refractivity contribution in [1.29, 1.82) is 0 Å². The van der Waals surface area contributed by atoms with Crippen LogP contribution in [0.15, 0.2) is 84.9 Å². The van der Waals surface area contributed by atoms with Crippen LogP contribution in [0.2, 0.25) is 0 Å². The minimum absolute atomic E-state index is 0.0446. The van der Waals surface area contributed by atoms with Crippen LogP contribution in [0.4, 0.5) is 0 Å². The van der Waals surface area contributed by atoms with E-state index >= 15 is 0 Å². The van der Waals surface area contributed by atoms with Crippen LogP contribution in [-0.4, -0.2) is 18.4 Å². The van der Waals surface area contributed by atoms with Gasteiger partial charge in [-0.25, -0.2) is 4.79 Å². The number of ketones is 1. The fourth-order valence-electron chi connectivity index (χ4n) is 3.22. The Hall–Kier alpha value is -3.20. The van der Waals surface area contributed by atoms with E-state index < -0.39 is 0 Å². The van der Waals surface area contributed by atoms with Gasteiger partial charge in [-0.1, -0.05) is 78.9 Å². The second kappa shape index (κ2) is 8.95. The van der Waals surface area contributed by atoms with Crippen LogP contribution in [0.1, 0.15) is 51.1 Å². The Kier molecular flexibility index (Phi) is 6.16. The zero-order valence-electron chi connectivity index (χ0n) is 15.3. The quantitative estimate of drug-likeness (QED) is 0.427. The van der Waals surface area contributed by atoms with Gasteiger partial charge < -0.3 is 4.74 Å². The number of ether oxygens (including phenoxy) is 1. The molecular formula is C24H22O3. The Bertz CT molecular complexity index is 901. The number of hydrogen-bond acceptors (Lipinski definition) is 3. The fraction of sp³-hybridized carbons (Fsp3) is 0.167. The zero-order valence-corrected chi connectivity index (χ0v) is 15.3. The molecule has 136 valence electrons. The van der Waals surface area contributed by atoms with Crippen molar-refractivity contribution >= 4 is 11.8 Å². The van der Waals surface area contributed by atoms with E-state index in [1.54, 1.807) is 13.0 Å². The molecule has 0 aliphatic carbocycles. The maximum Gasteiger partial charge on any atom is 0.338 e. The highest BCUT2D eigenvalue weighted by molar-refractivity contribution is 5.97. The summed E-state index contributed by atoms with van der Waals surface area (Å²) in [6, 6.07) is 26.4. The first-order valence-electron chi connectivity index (χ1n) is 9.10. The second-order valence-electron chi connectivity index (χ2n) is 6.26. The van der Waals surface area contributed by atoms with Gasteiger partial charge in [0.1, 0.15) is 0 Å². The molecule has 0 aliphatic heterocycles. The molecule has 0 saturated carbocycles. The topological polar surface area (TPSA) is 43.4 Å². The second-order valence-corrected chi connectivity index (χ2v) is 6.26. The van der Waals surface area contributed by atoms with E-state index in [0.717, 1.165) is 11.1 Å². The van der Waals surface area contributed by atoms with Crippen LogP contribution < -0.4 is 0 Å². The van der Waals surface area contributed by atoms with E-state index in [0.29, 0.717) is 17.7 Å². The van der Waals surface area contributed by atoms with Gasteiger partial charge in [0.15, 0.2) is 5.78 Å². The molecule has 0 amide bonds. The molecular weight excluding hydrogens is 336 g/mol. The third-order valence-corrected chi connectivity index (χ3v) is 4.52. The molecule has 1 unspecified atom stereocenters. The summed E-state index contributed by atoms with van der Waals surface area (Å²) in [5.41, 5.74) is 2.99. The van der Waals surface area contributed by atoms with Crippen molar-refractivity contribution in [3.63, 3.8) is 0 Å². The average molecular weight is 358 g/mol. The van der Waals surface area contributed by atoms with Crippen LogP contribution in [0, 0.1) is 0 Å². The molecule has 0 fully saturated rings. The van der Waals surface area contributed by atoms with E-state index in [1.165, 1.54) is 0 Å². The third-order valence-electron chi connectivity index (χ3n) is 4.52. The molecule has 3 heteroatoms. The Morgan fingerprint density at radius 3 is 2.07 bits per heavy atom. The maximum atomic E-state index is 12.9. The number of hydrogen-bond donors (Lipinski definition) is 0. The van der Waals surface area contributed by atoms with Crippen molar-refractivity contribution in [3.05, 3.63) is 107 Å². The van der Waals surface area contributed by atoms with Gasteiger partial charge in [-0.3, -0.25) is 4.79 Å². The SMILES string of the molecule is CCOC(=O)c1ccccc1C(CC(=O)c1ccccc1)c1ccccc1. The summed E-state index contributed by atoms with van der Waals surface area (Å²) >= 11 is 0. The summed E-state index contributed by atoms with van der Waals surface area (Å²) in [7, 11) is 0. The number of carbonyl (C=O) groups is 2. The molecule has 0 spiro atoms. The first-order chi connectivity index (χ1) is 13.2. The molecule has 1 atom stereocenters. The molecule has 0 saturated heterocycles. The lowest BCUT2D eigenvalue weighted by Crippen LogP contribution is -2.15. The highest BCUT2D eigenvalue weighted by Gasteiger charge is 2.24. The first-order valence-corrected chi connectivity index (χ1v) is 9.10. The van der Waals surface area contributed by atoms with Crippen LogP contribution in [0.3, 0.4) is 0 Å². The lowest BCUT2D eigenvalue weighted by atomic mass is 9.83. The van der Waals surface area contributed by atoms with Crippen molar-refractivity contribution in [2.75, 3.05) is 6.61 Å². The largest absolute Gasteiger partial charge is 0.462 e. The van der Waals surface area contributed by atoms with Gasteiger partial charge in [-0.15, -0.1) is 0 Å². The summed E-state index contributed by atoms with van der Waals surface area (Å²) < 4.78 is 5.22. The molecule has 0 N–H and O–H groups in total. The normalized spacial score (nSPS) is 11.6. The van der Waals surface area contributed by atoms with E-state index in [4.69, 9.17) is 4.74 Å². The van der Waals surface area contributed by atoms with Gasteiger partial charge in [0.2, 0.25) is 0 Å². The number of benzene rings is 3. The van der Waals surface area contributed by atoms with Crippen LogP contribution in [0.25, 0.3) is 0 Å². The van der Waals surface area contributed by atoms with Crippen molar-refractivity contribution in [2.45, 2.75) is 19.3 Å². The highest BCUT2D eigenvalue weighted by atomic mass is 16.5. The van der Waals surface area contributed by atoms with Crippen molar-refractivity contribution < 1.29 is 14.3 Å². The molecule has 27 heavy (non-hydrogen) atoms. The molecule has 0 bridgehead atoms. The molecule has 3 nitrogen and oxygen atoms in total. The lowest BCUT2D eigenvalue weighted by Gasteiger charge is -2.20. The molecule has 3 rings (SSSR count). The van der Waals surface area contributed by atoms with E-state index in [-0.39, 0.29) is 24.1 Å². The fourth-order valence-corrected chi connectivity index (χ4v) is 3.22. The Morgan fingerprint density at radius 1 is 0.815 bits per heavy atom. The molecule has 0 heterocycles. The molecule has 0 aromatic heterocycles. The van der Waals surface area contributed by atoms with Crippen LogP contribution in [0.5, 0.6) is 0 Å². The van der Waals surface area contributed by atoms with Crippen molar-refractivity contribution in [3.8, 4) is 0 Å². The average Bonchev–Trinajstić information content (AvgIpc) is 2.73. The minimum atomic E-state index is -0.360. The number of esters is 1. The van der Waals surface area contributed by atoms with Gasteiger partial charge >= 0.3 is 5.97 Å². The maximum absolute atomic E-state index is 12.9.